The molecular formula is C14H21FN2O2S. The second kappa shape index (κ2) is 6.20. The Kier molecular flexibility index (Phi) is 4.78. The summed E-state index contributed by atoms with van der Waals surface area (Å²) >= 11 is 0. The van der Waals surface area contributed by atoms with Crippen LogP contribution >= 0.6 is 0 Å². The van der Waals surface area contributed by atoms with Crippen LogP contribution in [0.2, 0.25) is 0 Å². The predicted molar refractivity (Wildman–Crippen MR) is 77.1 cm³/mol. The Morgan fingerprint density at radius 1 is 1.45 bits per heavy atom. The van der Waals surface area contributed by atoms with Crippen molar-refractivity contribution in [3.63, 3.8) is 0 Å². The highest BCUT2D eigenvalue weighted by Gasteiger charge is 2.27. The summed E-state index contributed by atoms with van der Waals surface area (Å²) in [6, 6.07) is 6.11. The fourth-order valence-electron chi connectivity index (χ4n) is 2.78. The largest absolute Gasteiger partial charge is 0.324 e. The fraction of sp³-hybridized carbons (Fsp3) is 0.571. The van der Waals surface area contributed by atoms with Crippen molar-refractivity contribution in [2.24, 2.45) is 11.7 Å². The minimum absolute atomic E-state index is 0.188. The summed E-state index contributed by atoms with van der Waals surface area (Å²) in [7, 11) is -3.15. The highest BCUT2D eigenvalue weighted by atomic mass is 32.2. The van der Waals surface area contributed by atoms with E-state index in [9.17, 15) is 12.8 Å². The lowest BCUT2D eigenvalue weighted by atomic mass is 9.90. The van der Waals surface area contributed by atoms with Crippen molar-refractivity contribution < 1.29 is 12.8 Å². The Labute approximate surface area is 119 Å². The molecule has 1 aromatic rings. The summed E-state index contributed by atoms with van der Waals surface area (Å²) in [6.07, 6.45) is 3.61. The van der Waals surface area contributed by atoms with E-state index in [4.69, 9.17) is 5.73 Å². The molecule has 0 bridgehead atoms. The summed E-state index contributed by atoms with van der Waals surface area (Å²) in [5.74, 6) is -0.108. The molecule has 2 atom stereocenters. The SMILES string of the molecule is CS(=O)(=O)N1CCCC(CC(N)c2ccccc2F)C1. The smallest absolute Gasteiger partial charge is 0.211 e. The van der Waals surface area contributed by atoms with Crippen molar-refractivity contribution in [2.45, 2.75) is 25.3 Å². The molecule has 1 aromatic carbocycles. The molecule has 0 spiro atoms. The van der Waals surface area contributed by atoms with Crippen LogP contribution in [0.5, 0.6) is 0 Å². The molecule has 6 heteroatoms. The van der Waals surface area contributed by atoms with Crippen LogP contribution in [0.4, 0.5) is 4.39 Å². The molecule has 0 radical (unpaired) electrons. The van der Waals surface area contributed by atoms with E-state index >= 15 is 0 Å². The zero-order chi connectivity index (χ0) is 14.8. The second-order valence-corrected chi connectivity index (χ2v) is 7.48. The lowest BCUT2D eigenvalue weighted by molar-refractivity contribution is 0.246. The van der Waals surface area contributed by atoms with Gasteiger partial charge in [0.15, 0.2) is 0 Å². The Balaban J connectivity index is 2.01. The molecule has 1 saturated heterocycles. The van der Waals surface area contributed by atoms with Gasteiger partial charge in [-0.1, -0.05) is 18.2 Å². The number of nitrogens with zero attached hydrogens (tertiary/aromatic N) is 1. The molecule has 20 heavy (non-hydrogen) atoms. The molecule has 0 aliphatic carbocycles. The van der Waals surface area contributed by atoms with Crippen molar-refractivity contribution in [1.82, 2.24) is 4.31 Å². The number of hydrogen-bond donors (Lipinski definition) is 1. The van der Waals surface area contributed by atoms with E-state index in [2.05, 4.69) is 0 Å². The summed E-state index contributed by atoms with van der Waals surface area (Å²) in [5, 5.41) is 0. The third-order valence-corrected chi connectivity index (χ3v) is 5.11. The van der Waals surface area contributed by atoms with Gasteiger partial charge in [-0.05, 0) is 31.2 Å². The molecule has 0 amide bonds. The highest BCUT2D eigenvalue weighted by Crippen LogP contribution is 2.28. The average molecular weight is 300 g/mol. The van der Waals surface area contributed by atoms with Gasteiger partial charge in [0.1, 0.15) is 5.82 Å². The zero-order valence-electron chi connectivity index (χ0n) is 11.6. The van der Waals surface area contributed by atoms with Gasteiger partial charge in [0.05, 0.1) is 6.26 Å². The van der Waals surface area contributed by atoms with E-state index in [1.807, 2.05) is 0 Å². The minimum Gasteiger partial charge on any atom is -0.324 e. The normalized spacial score (nSPS) is 22.6. The number of hydrogen-bond acceptors (Lipinski definition) is 3. The lowest BCUT2D eigenvalue weighted by Gasteiger charge is -2.32. The zero-order valence-corrected chi connectivity index (χ0v) is 12.4. The quantitative estimate of drug-likeness (QED) is 0.923. The lowest BCUT2D eigenvalue weighted by Crippen LogP contribution is -2.40. The Morgan fingerprint density at radius 3 is 2.80 bits per heavy atom. The van der Waals surface area contributed by atoms with Gasteiger partial charge in [-0.25, -0.2) is 17.1 Å². The number of rotatable bonds is 4. The maximum absolute atomic E-state index is 13.7. The number of halogens is 1. The average Bonchev–Trinajstić information content (AvgIpc) is 2.38. The third-order valence-electron chi connectivity index (χ3n) is 3.84. The number of benzene rings is 1. The van der Waals surface area contributed by atoms with Crippen molar-refractivity contribution in [2.75, 3.05) is 19.3 Å². The van der Waals surface area contributed by atoms with Crippen LogP contribution in [0, 0.1) is 11.7 Å². The monoisotopic (exact) mass is 300 g/mol. The fourth-order valence-corrected chi connectivity index (χ4v) is 3.72. The second-order valence-electron chi connectivity index (χ2n) is 5.49. The van der Waals surface area contributed by atoms with Crippen molar-refractivity contribution in [1.29, 1.82) is 0 Å². The molecule has 1 aliphatic rings. The van der Waals surface area contributed by atoms with Crippen LogP contribution in [-0.4, -0.2) is 32.1 Å². The molecular weight excluding hydrogens is 279 g/mol. The van der Waals surface area contributed by atoms with E-state index < -0.39 is 10.0 Å². The molecule has 1 fully saturated rings. The molecule has 2 N–H and O–H groups in total. The van der Waals surface area contributed by atoms with E-state index in [0.717, 1.165) is 12.8 Å². The van der Waals surface area contributed by atoms with Gasteiger partial charge < -0.3 is 5.73 Å². The molecule has 2 rings (SSSR count). The Morgan fingerprint density at radius 2 is 2.15 bits per heavy atom. The summed E-state index contributed by atoms with van der Waals surface area (Å²) in [5.41, 5.74) is 6.58. The number of piperidine rings is 1. The van der Waals surface area contributed by atoms with E-state index in [0.29, 0.717) is 25.1 Å². The summed E-state index contributed by atoms with van der Waals surface area (Å²) in [4.78, 5) is 0. The van der Waals surface area contributed by atoms with Crippen LogP contribution in [-0.2, 0) is 10.0 Å². The van der Waals surface area contributed by atoms with Gasteiger partial charge in [0.2, 0.25) is 10.0 Å². The van der Waals surface area contributed by atoms with Crippen LogP contribution in [0.3, 0.4) is 0 Å². The molecule has 112 valence electrons. The van der Waals surface area contributed by atoms with E-state index in [1.54, 1.807) is 18.2 Å². The first kappa shape index (κ1) is 15.4. The standard InChI is InChI=1S/C14H21FN2O2S/c1-20(18,19)17-8-4-5-11(10-17)9-14(16)12-6-2-3-7-13(12)15/h2-3,6-7,11,14H,4-5,8-10,16H2,1H3. The minimum atomic E-state index is -3.15. The highest BCUT2D eigenvalue weighted by molar-refractivity contribution is 7.88. The van der Waals surface area contributed by atoms with Gasteiger partial charge in [0, 0.05) is 24.7 Å². The topological polar surface area (TPSA) is 63.4 Å². The third kappa shape index (κ3) is 3.77. The van der Waals surface area contributed by atoms with Crippen molar-refractivity contribution in [3.05, 3.63) is 35.6 Å². The Hall–Kier alpha value is -0.980. The molecule has 0 saturated carbocycles. The van der Waals surface area contributed by atoms with E-state index in [-0.39, 0.29) is 17.8 Å². The van der Waals surface area contributed by atoms with E-state index in [1.165, 1.54) is 16.6 Å². The maximum atomic E-state index is 13.7. The van der Waals surface area contributed by atoms with Crippen LogP contribution in [0.1, 0.15) is 30.9 Å². The Bertz CT molecular complexity index is 562. The van der Waals surface area contributed by atoms with Crippen LogP contribution < -0.4 is 5.73 Å². The molecule has 1 heterocycles. The van der Waals surface area contributed by atoms with Gasteiger partial charge in [-0.2, -0.15) is 0 Å². The predicted octanol–water partition coefficient (Wildman–Crippen LogP) is 1.89. The van der Waals surface area contributed by atoms with Crippen LogP contribution in [0.25, 0.3) is 0 Å². The van der Waals surface area contributed by atoms with Gasteiger partial charge in [-0.15, -0.1) is 0 Å². The molecule has 4 nitrogen and oxygen atoms in total. The first-order valence-electron chi connectivity index (χ1n) is 6.83. The van der Waals surface area contributed by atoms with Crippen molar-refractivity contribution >= 4 is 10.0 Å². The first-order valence-corrected chi connectivity index (χ1v) is 8.68. The van der Waals surface area contributed by atoms with Gasteiger partial charge in [-0.3, -0.25) is 0 Å². The molecule has 2 unspecified atom stereocenters. The number of nitrogens with two attached hydrogens (primary N) is 1. The van der Waals surface area contributed by atoms with Gasteiger partial charge >= 0.3 is 0 Å². The maximum Gasteiger partial charge on any atom is 0.211 e. The van der Waals surface area contributed by atoms with Crippen LogP contribution in [0.15, 0.2) is 24.3 Å². The summed E-state index contributed by atoms with van der Waals surface area (Å²) in [6.45, 7) is 1.06. The molecule has 1 aliphatic heterocycles. The van der Waals surface area contributed by atoms with Gasteiger partial charge in [0.25, 0.3) is 0 Å². The molecule has 0 aromatic heterocycles. The number of sulfonamides is 1. The first-order chi connectivity index (χ1) is 9.38. The van der Waals surface area contributed by atoms with Crippen molar-refractivity contribution in [3.8, 4) is 0 Å². The summed E-state index contributed by atoms with van der Waals surface area (Å²) < 4.78 is 38.3.